The smallest absolute Gasteiger partial charge is 0.217 e. The van der Waals surface area contributed by atoms with Gasteiger partial charge in [-0.25, -0.2) is 0 Å². The van der Waals surface area contributed by atoms with Crippen LogP contribution >= 0.6 is 0 Å². The summed E-state index contributed by atoms with van der Waals surface area (Å²) in [6, 6.07) is -1.51. The zero-order valence-corrected chi connectivity index (χ0v) is 14.0. The van der Waals surface area contributed by atoms with Crippen LogP contribution in [0.4, 0.5) is 0 Å². The molecule has 1 heterocycles. The Hall–Kier alpha value is -1.22. The molecule has 12 heteroatoms. The van der Waals surface area contributed by atoms with Gasteiger partial charge in [0.15, 0.2) is 6.29 Å². The van der Waals surface area contributed by atoms with Crippen LogP contribution < -0.4 is 5.32 Å². The van der Waals surface area contributed by atoms with E-state index >= 15 is 0 Å². The fraction of sp³-hybridized carbons (Fsp3) is 0.857. The average molecular weight is 383 g/mol. The third-order valence-corrected chi connectivity index (χ3v) is 3.93. The van der Waals surface area contributed by atoms with Gasteiger partial charge in [0.05, 0.1) is 13.2 Å². The fourth-order valence-electron chi connectivity index (χ4n) is 2.48. The first-order valence-corrected chi connectivity index (χ1v) is 7.83. The summed E-state index contributed by atoms with van der Waals surface area (Å²) < 4.78 is 10.3. The number of rotatable bonds is 9. The van der Waals surface area contributed by atoms with E-state index in [1.54, 1.807) is 0 Å². The number of hydrogen-bond donors (Lipinski definition) is 8. The highest BCUT2D eigenvalue weighted by molar-refractivity contribution is 5.77. The molecule has 0 saturated carbocycles. The van der Waals surface area contributed by atoms with Crippen molar-refractivity contribution in [2.45, 2.75) is 62.0 Å². The van der Waals surface area contributed by atoms with Gasteiger partial charge >= 0.3 is 0 Å². The molecule has 1 rings (SSSR count). The molecule has 0 bridgehead atoms. The largest absolute Gasteiger partial charge is 0.394 e. The number of nitrogens with one attached hydrogen (secondary N) is 1. The molecular weight excluding hydrogens is 358 g/mol. The van der Waals surface area contributed by atoms with Crippen molar-refractivity contribution in [2.75, 3.05) is 13.2 Å². The topological polar surface area (TPSA) is 206 Å². The van der Waals surface area contributed by atoms with E-state index in [0.29, 0.717) is 0 Å². The van der Waals surface area contributed by atoms with Gasteiger partial charge in [-0.05, 0) is 0 Å². The minimum absolute atomic E-state index is 0.180. The van der Waals surface area contributed by atoms with Gasteiger partial charge in [0, 0.05) is 6.92 Å². The lowest BCUT2D eigenvalue weighted by Gasteiger charge is -2.42. The number of aliphatic hydroxyl groups is 7. The summed E-state index contributed by atoms with van der Waals surface area (Å²) in [4.78, 5) is 22.2. The maximum absolute atomic E-state index is 11.1. The van der Waals surface area contributed by atoms with E-state index in [0.717, 1.165) is 6.92 Å². The first-order valence-electron chi connectivity index (χ1n) is 7.83. The van der Waals surface area contributed by atoms with Gasteiger partial charge in [-0.1, -0.05) is 0 Å². The van der Waals surface area contributed by atoms with Gasteiger partial charge in [0.1, 0.15) is 55.1 Å². The lowest BCUT2D eigenvalue weighted by atomic mass is 9.98. The lowest BCUT2D eigenvalue weighted by molar-refractivity contribution is -0.324. The average Bonchev–Trinajstić information content (AvgIpc) is 2.62. The summed E-state index contributed by atoms with van der Waals surface area (Å²) >= 11 is 0. The van der Waals surface area contributed by atoms with E-state index < -0.39 is 74.2 Å². The summed E-state index contributed by atoms with van der Waals surface area (Å²) in [6.45, 7) is -0.562. The Bertz CT molecular complexity index is 462. The van der Waals surface area contributed by atoms with Crippen molar-refractivity contribution in [3.8, 4) is 0 Å². The zero-order chi connectivity index (χ0) is 20.0. The highest BCUT2D eigenvalue weighted by Crippen LogP contribution is 2.24. The summed E-state index contributed by atoms with van der Waals surface area (Å²) in [5.41, 5.74) is 0. The Morgan fingerprint density at radius 2 is 1.81 bits per heavy atom. The summed E-state index contributed by atoms with van der Waals surface area (Å²) in [5.74, 6) is -0.661. The molecule has 152 valence electrons. The van der Waals surface area contributed by atoms with Crippen molar-refractivity contribution in [2.24, 2.45) is 0 Å². The lowest BCUT2D eigenvalue weighted by Crippen LogP contribution is -2.62. The van der Waals surface area contributed by atoms with E-state index in [9.17, 15) is 35.1 Å². The van der Waals surface area contributed by atoms with E-state index in [-0.39, 0.29) is 6.29 Å². The molecule has 0 unspecified atom stereocenters. The van der Waals surface area contributed by atoms with Crippen LogP contribution in [0, 0.1) is 0 Å². The number of aldehydes is 1. The predicted octanol–water partition coefficient (Wildman–Crippen LogP) is -5.41. The highest BCUT2D eigenvalue weighted by Gasteiger charge is 2.46. The minimum atomic E-state index is -1.86. The number of ether oxygens (including phenoxy) is 2. The van der Waals surface area contributed by atoms with Gasteiger partial charge in [-0.3, -0.25) is 4.79 Å². The molecular formula is C14H25NO11. The molecule has 8 N–H and O–H groups in total. The van der Waals surface area contributed by atoms with Crippen molar-refractivity contribution in [3.05, 3.63) is 0 Å². The second-order valence-electron chi connectivity index (χ2n) is 5.90. The second-order valence-corrected chi connectivity index (χ2v) is 5.90. The van der Waals surface area contributed by atoms with Gasteiger partial charge in [0.25, 0.3) is 0 Å². The van der Waals surface area contributed by atoms with E-state index in [2.05, 4.69) is 5.32 Å². The third-order valence-electron chi connectivity index (χ3n) is 3.93. The Balaban J connectivity index is 2.99. The molecule has 1 saturated heterocycles. The monoisotopic (exact) mass is 383 g/mol. The van der Waals surface area contributed by atoms with Crippen LogP contribution in [0.2, 0.25) is 0 Å². The van der Waals surface area contributed by atoms with Crippen LogP contribution in [0.25, 0.3) is 0 Å². The SMILES string of the molecule is CC(=O)N[C@@H](C=O)[C@@H](O)[C@@H](O[C@H]1O[C@H](CO)[C@@H](O)[C@H](O)[C@H]1O)[C@H](O)CO. The summed E-state index contributed by atoms with van der Waals surface area (Å²) in [6.07, 6.45) is -13.4. The van der Waals surface area contributed by atoms with Crippen LogP contribution in [0.5, 0.6) is 0 Å². The molecule has 1 fully saturated rings. The number of carbonyl (C=O) groups excluding carboxylic acids is 2. The summed E-state index contributed by atoms with van der Waals surface area (Å²) in [5, 5.41) is 69.9. The molecule has 12 nitrogen and oxygen atoms in total. The van der Waals surface area contributed by atoms with E-state index in [4.69, 9.17) is 19.7 Å². The van der Waals surface area contributed by atoms with Crippen molar-refractivity contribution in [3.63, 3.8) is 0 Å². The van der Waals surface area contributed by atoms with E-state index in [1.165, 1.54) is 0 Å². The molecule has 1 amide bonds. The molecule has 0 aromatic heterocycles. The molecule has 0 aromatic carbocycles. The number of amides is 1. The number of aliphatic hydroxyl groups excluding tert-OH is 7. The molecule has 0 spiro atoms. The highest BCUT2D eigenvalue weighted by atomic mass is 16.7. The first kappa shape index (κ1) is 22.8. The van der Waals surface area contributed by atoms with Crippen molar-refractivity contribution in [1.82, 2.24) is 5.32 Å². The number of carbonyl (C=O) groups is 2. The molecule has 1 aliphatic heterocycles. The molecule has 9 atom stereocenters. The van der Waals surface area contributed by atoms with Crippen molar-refractivity contribution >= 4 is 12.2 Å². The maximum atomic E-state index is 11.1. The van der Waals surface area contributed by atoms with Crippen LogP contribution in [0.1, 0.15) is 6.92 Å². The van der Waals surface area contributed by atoms with Crippen molar-refractivity contribution in [1.29, 1.82) is 0 Å². The zero-order valence-electron chi connectivity index (χ0n) is 14.0. The molecule has 26 heavy (non-hydrogen) atoms. The fourth-order valence-corrected chi connectivity index (χ4v) is 2.48. The Morgan fingerprint density at radius 3 is 2.27 bits per heavy atom. The Kier molecular flexibility index (Phi) is 8.95. The van der Waals surface area contributed by atoms with Gasteiger partial charge in [0.2, 0.25) is 5.91 Å². The number of hydrogen-bond acceptors (Lipinski definition) is 11. The summed E-state index contributed by atoms with van der Waals surface area (Å²) in [7, 11) is 0. The van der Waals surface area contributed by atoms with Crippen LogP contribution in [-0.4, -0.2) is 116 Å². The molecule has 0 radical (unpaired) electrons. The normalized spacial score (nSPS) is 33.8. The first-order chi connectivity index (χ1) is 12.2. The maximum Gasteiger partial charge on any atom is 0.217 e. The Labute approximate surface area is 148 Å². The van der Waals surface area contributed by atoms with Crippen LogP contribution in [0.15, 0.2) is 0 Å². The predicted molar refractivity (Wildman–Crippen MR) is 81.4 cm³/mol. The third kappa shape index (κ3) is 5.39. The van der Waals surface area contributed by atoms with Crippen molar-refractivity contribution < 1.29 is 54.8 Å². The Morgan fingerprint density at radius 1 is 1.19 bits per heavy atom. The standard InChI is InChI=1S/C14H25NO11/c1-5(19)15-6(2-16)9(21)13(7(20)3-17)26-14-12(24)11(23)10(22)8(4-18)25-14/h2,6-14,17-18,20-24H,3-4H2,1H3,(H,15,19)/t6-,7+,8+,9+,10+,11-,12+,13-,14+/m0/s1. The second kappa shape index (κ2) is 10.2. The molecule has 1 aliphatic rings. The van der Waals surface area contributed by atoms with Crippen LogP contribution in [-0.2, 0) is 19.1 Å². The van der Waals surface area contributed by atoms with Gasteiger partial charge < -0.3 is 55.3 Å². The quantitative estimate of drug-likeness (QED) is 0.176. The van der Waals surface area contributed by atoms with Gasteiger partial charge in [-0.2, -0.15) is 0 Å². The van der Waals surface area contributed by atoms with Crippen LogP contribution in [0.3, 0.4) is 0 Å². The molecule has 0 aromatic rings. The van der Waals surface area contributed by atoms with Gasteiger partial charge in [-0.15, -0.1) is 0 Å². The van der Waals surface area contributed by atoms with E-state index in [1.807, 2.05) is 0 Å². The minimum Gasteiger partial charge on any atom is -0.394 e. The molecule has 0 aliphatic carbocycles.